The van der Waals surface area contributed by atoms with Crippen LogP contribution in [-0.4, -0.2) is 8.42 Å². The number of primary sulfonamides is 1. The van der Waals surface area contributed by atoms with Crippen LogP contribution in [0.4, 0.5) is 13.2 Å². The Hall–Kier alpha value is -0.790. The Morgan fingerprint density at radius 3 is 2.20 bits per heavy atom. The number of benzene rings is 1. The number of nitrogens with two attached hydrogens (primary N) is 1. The molecule has 0 saturated carbocycles. The second kappa shape index (κ2) is 3.99. The van der Waals surface area contributed by atoms with E-state index in [2.05, 4.69) is 5.14 Å². The first kappa shape index (κ1) is 12.3. The second-order valence-corrected chi connectivity index (χ2v) is 4.44. The van der Waals surface area contributed by atoms with Gasteiger partial charge in [-0.1, -0.05) is 0 Å². The Morgan fingerprint density at radius 1 is 1.27 bits per heavy atom. The lowest BCUT2D eigenvalue weighted by molar-refractivity contribution is 0.437. The molecule has 0 radical (unpaired) electrons. The number of hydrogen-bond donors (Lipinski definition) is 1. The highest BCUT2D eigenvalue weighted by Gasteiger charge is 2.23. The van der Waals surface area contributed by atoms with Crippen molar-refractivity contribution in [1.82, 2.24) is 0 Å². The largest absolute Gasteiger partial charge is 0.238 e. The van der Waals surface area contributed by atoms with Crippen molar-refractivity contribution in [2.75, 3.05) is 0 Å². The van der Waals surface area contributed by atoms with Gasteiger partial charge in [-0.25, -0.2) is 26.7 Å². The molecule has 0 heterocycles. The van der Waals surface area contributed by atoms with Gasteiger partial charge in [0.25, 0.3) is 0 Å². The Labute approximate surface area is 88.7 Å². The monoisotopic (exact) mass is 259 g/mol. The highest BCUT2D eigenvalue weighted by Crippen LogP contribution is 2.24. The van der Waals surface area contributed by atoms with Gasteiger partial charge < -0.3 is 0 Å². The van der Waals surface area contributed by atoms with Gasteiger partial charge in [-0.3, -0.25) is 0 Å². The third-order valence-electron chi connectivity index (χ3n) is 1.66. The van der Waals surface area contributed by atoms with Crippen LogP contribution in [0, 0.1) is 17.5 Å². The van der Waals surface area contributed by atoms with E-state index in [1.54, 1.807) is 0 Å². The quantitative estimate of drug-likeness (QED) is 0.646. The zero-order chi connectivity index (χ0) is 11.8. The average molecular weight is 260 g/mol. The van der Waals surface area contributed by atoms with Gasteiger partial charge in [0.1, 0.15) is 0 Å². The average Bonchev–Trinajstić information content (AvgIpc) is 2.12. The Kier molecular flexibility index (Phi) is 3.27. The third kappa shape index (κ3) is 2.24. The number of sulfonamides is 1. The Bertz CT molecular complexity index is 503. The number of halogens is 4. The summed E-state index contributed by atoms with van der Waals surface area (Å²) in [7, 11) is -4.34. The van der Waals surface area contributed by atoms with Gasteiger partial charge >= 0.3 is 0 Å². The molecule has 1 aromatic rings. The van der Waals surface area contributed by atoms with E-state index in [9.17, 15) is 21.6 Å². The zero-order valence-corrected chi connectivity index (χ0v) is 8.67. The fourth-order valence-corrected chi connectivity index (χ4v) is 2.10. The molecule has 0 aliphatic rings. The molecule has 1 rings (SSSR count). The molecule has 3 nitrogen and oxygen atoms in total. The van der Waals surface area contributed by atoms with Crippen molar-refractivity contribution in [1.29, 1.82) is 0 Å². The lowest BCUT2D eigenvalue weighted by Gasteiger charge is -2.07. The fourth-order valence-electron chi connectivity index (χ4n) is 0.989. The van der Waals surface area contributed by atoms with Gasteiger partial charge in [0, 0.05) is 5.56 Å². The van der Waals surface area contributed by atoms with Crippen LogP contribution in [0.15, 0.2) is 11.0 Å². The number of hydrogen-bond acceptors (Lipinski definition) is 2. The van der Waals surface area contributed by atoms with Crippen LogP contribution < -0.4 is 5.14 Å². The minimum absolute atomic E-state index is 0.297. The molecule has 84 valence electrons. The van der Waals surface area contributed by atoms with Crippen molar-refractivity contribution >= 4 is 21.6 Å². The first-order valence-electron chi connectivity index (χ1n) is 3.54. The maximum absolute atomic E-state index is 13.0. The van der Waals surface area contributed by atoms with Crippen molar-refractivity contribution < 1.29 is 21.6 Å². The first-order valence-corrected chi connectivity index (χ1v) is 5.62. The van der Waals surface area contributed by atoms with E-state index >= 15 is 0 Å². The molecule has 0 spiro atoms. The molecule has 0 saturated heterocycles. The van der Waals surface area contributed by atoms with Crippen molar-refractivity contribution in [2.45, 2.75) is 10.8 Å². The molecular weight excluding hydrogens is 255 g/mol. The Morgan fingerprint density at radius 2 is 1.80 bits per heavy atom. The van der Waals surface area contributed by atoms with Crippen LogP contribution in [0.25, 0.3) is 0 Å². The van der Waals surface area contributed by atoms with Gasteiger partial charge in [-0.05, 0) is 6.07 Å². The maximum Gasteiger partial charge on any atom is 0.238 e. The van der Waals surface area contributed by atoms with Crippen molar-refractivity contribution in [3.8, 4) is 0 Å². The molecule has 0 aromatic heterocycles. The number of alkyl halides is 1. The summed E-state index contributed by atoms with van der Waals surface area (Å²) < 4.78 is 60.2. The van der Waals surface area contributed by atoms with Gasteiger partial charge in [0.2, 0.25) is 10.0 Å². The molecule has 8 heteroatoms. The molecule has 0 aliphatic heterocycles. The standard InChI is InChI=1S/C7H5ClF3NO2S/c8-2-3-5(15(12,13)14)1-4(9)7(11)6(3)10/h1H,2H2,(H2,12,13,14). The van der Waals surface area contributed by atoms with E-state index < -0.39 is 43.8 Å². The molecule has 1 aromatic carbocycles. The van der Waals surface area contributed by atoms with Crippen molar-refractivity contribution in [3.63, 3.8) is 0 Å². The second-order valence-electron chi connectivity index (χ2n) is 2.64. The maximum atomic E-state index is 13.0. The minimum atomic E-state index is -4.34. The zero-order valence-electron chi connectivity index (χ0n) is 7.10. The summed E-state index contributed by atoms with van der Waals surface area (Å²) in [6.45, 7) is 0. The normalized spacial score (nSPS) is 11.8. The van der Waals surface area contributed by atoms with Crippen LogP contribution in [0.2, 0.25) is 0 Å². The highest BCUT2D eigenvalue weighted by atomic mass is 35.5. The summed E-state index contributed by atoms with van der Waals surface area (Å²) in [4.78, 5) is -0.853. The van der Waals surface area contributed by atoms with Crippen LogP contribution in [0.5, 0.6) is 0 Å². The molecule has 0 fully saturated rings. The van der Waals surface area contributed by atoms with Crippen LogP contribution >= 0.6 is 11.6 Å². The van der Waals surface area contributed by atoms with Crippen molar-refractivity contribution in [3.05, 3.63) is 29.1 Å². The molecule has 0 atom stereocenters. The smallest absolute Gasteiger partial charge is 0.225 e. The van der Waals surface area contributed by atoms with E-state index in [1.165, 1.54) is 0 Å². The van der Waals surface area contributed by atoms with E-state index in [-0.39, 0.29) is 0 Å². The van der Waals surface area contributed by atoms with E-state index in [4.69, 9.17) is 11.6 Å². The van der Waals surface area contributed by atoms with Crippen LogP contribution in [0.1, 0.15) is 5.56 Å². The summed E-state index contributed by atoms with van der Waals surface area (Å²) in [6, 6.07) is 0.297. The molecular formula is C7H5ClF3NO2S. The minimum Gasteiger partial charge on any atom is -0.225 e. The predicted molar refractivity (Wildman–Crippen MR) is 47.2 cm³/mol. The summed E-state index contributed by atoms with van der Waals surface area (Å²) in [5.74, 6) is -5.69. The first-order chi connectivity index (χ1) is 6.79. The summed E-state index contributed by atoms with van der Waals surface area (Å²) >= 11 is 5.22. The Balaban J connectivity index is 3.68. The topological polar surface area (TPSA) is 60.2 Å². The lowest BCUT2D eigenvalue weighted by Crippen LogP contribution is -2.16. The number of rotatable bonds is 2. The third-order valence-corrected chi connectivity index (χ3v) is 2.91. The summed E-state index contributed by atoms with van der Waals surface area (Å²) in [5, 5.41) is 4.68. The fraction of sp³-hybridized carbons (Fsp3) is 0.143. The molecule has 0 aliphatic carbocycles. The van der Waals surface area contributed by atoms with E-state index in [0.717, 1.165) is 0 Å². The van der Waals surface area contributed by atoms with Gasteiger partial charge in [-0.15, -0.1) is 11.6 Å². The van der Waals surface area contributed by atoms with E-state index in [1.807, 2.05) is 0 Å². The summed E-state index contributed by atoms with van der Waals surface area (Å²) in [5.41, 5.74) is -0.682. The van der Waals surface area contributed by atoms with Crippen LogP contribution in [0.3, 0.4) is 0 Å². The van der Waals surface area contributed by atoms with Gasteiger partial charge in [0.15, 0.2) is 17.5 Å². The molecule has 0 amide bonds. The molecule has 0 unspecified atom stereocenters. The van der Waals surface area contributed by atoms with Crippen molar-refractivity contribution in [2.24, 2.45) is 5.14 Å². The molecule has 2 N–H and O–H groups in total. The van der Waals surface area contributed by atoms with E-state index in [0.29, 0.717) is 6.07 Å². The summed E-state index contributed by atoms with van der Waals surface area (Å²) in [6.07, 6.45) is 0. The van der Waals surface area contributed by atoms with Gasteiger partial charge in [-0.2, -0.15) is 0 Å². The SMILES string of the molecule is NS(=O)(=O)c1cc(F)c(F)c(F)c1CCl. The predicted octanol–water partition coefficient (Wildman–Crippen LogP) is 1.49. The lowest BCUT2D eigenvalue weighted by atomic mass is 10.2. The van der Waals surface area contributed by atoms with Gasteiger partial charge in [0.05, 0.1) is 10.8 Å². The molecule has 15 heavy (non-hydrogen) atoms. The van der Waals surface area contributed by atoms with Crippen LogP contribution in [-0.2, 0) is 15.9 Å². The molecule has 0 bridgehead atoms. The highest BCUT2D eigenvalue weighted by molar-refractivity contribution is 7.89.